The highest BCUT2D eigenvalue weighted by molar-refractivity contribution is 7.99. The minimum atomic E-state index is 0.702. The van der Waals surface area contributed by atoms with Gasteiger partial charge in [-0.25, -0.2) is 0 Å². The van der Waals surface area contributed by atoms with Gasteiger partial charge in [-0.15, -0.1) is 11.8 Å². The van der Waals surface area contributed by atoms with E-state index >= 15 is 0 Å². The maximum Gasteiger partial charge on any atom is 0.0667 e. The summed E-state index contributed by atoms with van der Waals surface area (Å²) >= 11 is 7.97. The van der Waals surface area contributed by atoms with Gasteiger partial charge in [0, 0.05) is 17.2 Å². The van der Waals surface area contributed by atoms with Crippen molar-refractivity contribution in [3.8, 4) is 0 Å². The molecule has 1 unspecified atom stereocenters. The van der Waals surface area contributed by atoms with Gasteiger partial charge in [0.2, 0.25) is 0 Å². The Kier molecular flexibility index (Phi) is 2.70. The van der Waals surface area contributed by atoms with Gasteiger partial charge >= 0.3 is 0 Å². The number of rotatable bonds is 0. The fourth-order valence-corrected chi connectivity index (χ4v) is 2.74. The van der Waals surface area contributed by atoms with Crippen LogP contribution >= 0.6 is 23.4 Å². The molecule has 1 aliphatic rings. The number of anilines is 1. The summed E-state index contributed by atoms with van der Waals surface area (Å²) < 4.78 is 0. The fraction of sp³-hybridized carbons (Fsp3) is 0.400. The quantitative estimate of drug-likeness (QED) is 0.708. The molecule has 1 nitrogen and oxygen atoms in total. The molecule has 13 heavy (non-hydrogen) atoms. The Morgan fingerprint density at radius 2 is 2.38 bits per heavy atom. The van der Waals surface area contributed by atoms with Crippen LogP contribution in [0.25, 0.3) is 0 Å². The lowest BCUT2D eigenvalue weighted by Gasteiger charge is -2.08. The van der Waals surface area contributed by atoms with E-state index in [1.54, 1.807) is 0 Å². The van der Waals surface area contributed by atoms with Crippen molar-refractivity contribution in [1.29, 1.82) is 0 Å². The number of hydrogen-bond acceptors (Lipinski definition) is 2. The molecule has 0 spiro atoms. The lowest BCUT2D eigenvalue weighted by molar-refractivity contribution is 0.705. The first-order valence-corrected chi connectivity index (χ1v) is 5.79. The van der Waals surface area contributed by atoms with Crippen molar-refractivity contribution in [2.24, 2.45) is 5.92 Å². The SMILES string of the molecule is CC1CNc2c(Cl)cccc2SC1. The van der Waals surface area contributed by atoms with E-state index in [2.05, 4.69) is 18.3 Å². The Bertz CT molecular complexity index is 314. The molecular weight excluding hydrogens is 202 g/mol. The van der Waals surface area contributed by atoms with Crippen LogP contribution in [0.1, 0.15) is 6.92 Å². The topological polar surface area (TPSA) is 12.0 Å². The van der Waals surface area contributed by atoms with Gasteiger partial charge in [-0.3, -0.25) is 0 Å². The molecule has 1 atom stereocenters. The Hall–Kier alpha value is -0.340. The van der Waals surface area contributed by atoms with Gasteiger partial charge in [0.25, 0.3) is 0 Å². The molecule has 1 N–H and O–H groups in total. The first kappa shape index (κ1) is 9.22. The van der Waals surface area contributed by atoms with Crippen LogP contribution in [0.2, 0.25) is 5.02 Å². The van der Waals surface area contributed by atoms with Crippen molar-refractivity contribution < 1.29 is 0 Å². The largest absolute Gasteiger partial charge is 0.383 e. The van der Waals surface area contributed by atoms with Crippen molar-refractivity contribution in [2.75, 3.05) is 17.6 Å². The van der Waals surface area contributed by atoms with Gasteiger partial charge in [0.1, 0.15) is 0 Å². The predicted molar refractivity (Wildman–Crippen MR) is 59.8 cm³/mol. The molecule has 2 rings (SSSR count). The molecule has 3 heteroatoms. The Balaban J connectivity index is 2.35. The van der Waals surface area contributed by atoms with Crippen LogP contribution in [0.5, 0.6) is 0 Å². The van der Waals surface area contributed by atoms with Crippen LogP contribution < -0.4 is 5.32 Å². The second-order valence-electron chi connectivity index (χ2n) is 3.41. The van der Waals surface area contributed by atoms with Gasteiger partial charge in [0.15, 0.2) is 0 Å². The standard InChI is InChI=1S/C10H12ClNS/c1-7-5-12-10-8(11)3-2-4-9(10)13-6-7/h2-4,7,12H,5-6H2,1H3. The zero-order valence-electron chi connectivity index (χ0n) is 7.51. The summed E-state index contributed by atoms with van der Waals surface area (Å²) in [6, 6.07) is 6.06. The zero-order chi connectivity index (χ0) is 9.26. The summed E-state index contributed by atoms with van der Waals surface area (Å²) in [5.74, 6) is 1.87. The molecule has 0 saturated carbocycles. The molecule has 0 aromatic heterocycles. The van der Waals surface area contributed by atoms with Crippen LogP contribution in [-0.4, -0.2) is 12.3 Å². The highest BCUT2D eigenvalue weighted by Crippen LogP contribution is 2.36. The van der Waals surface area contributed by atoms with Gasteiger partial charge in [-0.05, 0) is 18.1 Å². The molecule has 70 valence electrons. The van der Waals surface area contributed by atoms with Crippen LogP contribution in [0.4, 0.5) is 5.69 Å². The van der Waals surface area contributed by atoms with E-state index in [4.69, 9.17) is 11.6 Å². The molecule has 0 bridgehead atoms. The van der Waals surface area contributed by atoms with E-state index in [-0.39, 0.29) is 0 Å². The van der Waals surface area contributed by atoms with E-state index in [0.29, 0.717) is 5.92 Å². The smallest absolute Gasteiger partial charge is 0.0667 e. The second kappa shape index (κ2) is 3.81. The van der Waals surface area contributed by atoms with Crippen molar-refractivity contribution >= 4 is 29.1 Å². The Labute approximate surface area is 87.9 Å². The second-order valence-corrected chi connectivity index (χ2v) is 4.88. The molecule has 0 amide bonds. The predicted octanol–water partition coefficient (Wildman–Crippen LogP) is 3.49. The third-order valence-corrected chi connectivity index (χ3v) is 3.83. The van der Waals surface area contributed by atoms with Crippen molar-refractivity contribution in [3.63, 3.8) is 0 Å². The summed E-state index contributed by atoms with van der Waals surface area (Å²) in [6.45, 7) is 3.27. The van der Waals surface area contributed by atoms with Crippen molar-refractivity contribution in [1.82, 2.24) is 0 Å². The molecule has 1 aliphatic heterocycles. The Morgan fingerprint density at radius 3 is 3.23 bits per heavy atom. The molecule has 0 radical (unpaired) electrons. The minimum absolute atomic E-state index is 0.702. The average Bonchev–Trinajstić information content (AvgIpc) is 2.30. The zero-order valence-corrected chi connectivity index (χ0v) is 9.08. The van der Waals surface area contributed by atoms with Gasteiger partial charge in [-0.2, -0.15) is 0 Å². The lowest BCUT2D eigenvalue weighted by Crippen LogP contribution is -2.10. The van der Waals surface area contributed by atoms with Crippen LogP contribution in [0.15, 0.2) is 23.1 Å². The van der Waals surface area contributed by atoms with E-state index in [0.717, 1.165) is 17.3 Å². The molecule has 1 aromatic carbocycles. The number of halogens is 1. The van der Waals surface area contributed by atoms with Crippen LogP contribution in [0, 0.1) is 5.92 Å². The van der Waals surface area contributed by atoms with Gasteiger partial charge in [-0.1, -0.05) is 24.6 Å². The normalized spacial score (nSPS) is 21.5. The molecule has 1 aromatic rings. The van der Waals surface area contributed by atoms with E-state index in [1.807, 2.05) is 23.9 Å². The molecular formula is C10H12ClNS. The third kappa shape index (κ3) is 1.94. The summed E-state index contributed by atoms with van der Waals surface area (Å²) in [7, 11) is 0. The number of benzene rings is 1. The fourth-order valence-electron chi connectivity index (χ4n) is 1.36. The minimum Gasteiger partial charge on any atom is -0.383 e. The summed E-state index contributed by atoms with van der Waals surface area (Å²) in [6.07, 6.45) is 0. The van der Waals surface area contributed by atoms with Crippen LogP contribution in [0.3, 0.4) is 0 Å². The monoisotopic (exact) mass is 213 g/mol. The summed E-state index contributed by atoms with van der Waals surface area (Å²) in [4.78, 5) is 1.27. The first-order valence-electron chi connectivity index (χ1n) is 4.42. The number of para-hydroxylation sites is 1. The molecule has 0 saturated heterocycles. The van der Waals surface area contributed by atoms with E-state index < -0.39 is 0 Å². The Morgan fingerprint density at radius 1 is 1.54 bits per heavy atom. The molecule has 0 fully saturated rings. The number of nitrogens with one attached hydrogen (secondary N) is 1. The highest BCUT2D eigenvalue weighted by atomic mass is 35.5. The third-order valence-electron chi connectivity index (χ3n) is 2.13. The number of thioether (sulfide) groups is 1. The molecule has 0 aliphatic carbocycles. The average molecular weight is 214 g/mol. The number of fused-ring (bicyclic) bond motifs is 1. The maximum atomic E-state index is 6.09. The van der Waals surface area contributed by atoms with E-state index in [9.17, 15) is 0 Å². The highest BCUT2D eigenvalue weighted by Gasteiger charge is 2.14. The molecule has 1 heterocycles. The van der Waals surface area contributed by atoms with Crippen molar-refractivity contribution in [2.45, 2.75) is 11.8 Å². The lowest BCUT2D eigenvalue weighted by atomic mass is 10.2. The first-order chi connectivity index (χ1) is 6.27. The summed E-state index contributed by atoms with van der Waals surface area (Å²) in [5.41, 5.74) is 1.11. The van der Waals surface area contributed by atoms with Crippen LogP contribution in [-0.2, 0) is 0 Å². The van der Waals surface area contributed by atoms with Gasteiger partial charge < -0.3 is 5.32 Å². The van der Waals surface area contributed by atoms with Crippen molar-refractivity contribution in [3.05, 3.63) is 23.2 Å². The maximum absolute atomic E-state index is 6.09. The van der Waals surface area contributed by atoms with E-state index in [1.165, 1.54) is 10.6 Å². The number of hydrogen-bond donors (Lipinski definition) is 1. The summed E-state index contributed by atoms with van der Waals surface area (Å²) in [5, 5.41) is 4.22. The van der Waals surface area contributed by atoms with Gasteiger partial charge in [0.05, 0.1) is 10.7 Å².